The normalized spacial score (nSPS) is 25.3. The van der Waals surface area contributed by atoms with Crippen LogP contribution >= 0.6 is 15.9 Å². The minimum absolute atomic E-state index is 0.00456. The number of nitrogens with one attached hydrogen (secondary N) is 1. The van der Waals surface area contributed by atoms with Gasteiger partial charge in [0.2, 0.25) is 0 Å². The third kappa shape index (κ3) is 4.66. The van der Waals surface area contributed by atoms with Crippen LogP contribution in [-0.4, -0.2) is 56.5 Å². The Labute approximate surface area is 127 Å². The van der Waals surface area contributed by atoms with Crippen LogP contribution in [0.15, 0.2) is 33.7 Å². The molecule has 5 nitrogen and oxygen atoms in total. The molecule has 0 spiro atoms. The largest absolute Gasteiger partial charge is 0.390 e. The van der Waals surface area contributed by atoms with E-state index >= 15 is 0 Å². The van der Waals surface area contributed by atoms with Crippen LogP contribution in [-0.2, 0) is 9.84 Å². The molecule has 2 rings (SSSR count). The van der Waals surface area contributed by atoms with Crippen molar-refractivity contribution < 1.29 is 13.5 Å². The van der Waals surface area contributed by atoms with Gasteiger partial charge in [0.15, 0.2) is 9.84 Å². The molecular formula is C13H17BrN2O3S. The second-order valence-electron chi connectivity index (χ2n) is 4.79. The maximum atomic E-state index is 11.3. The molecule has 0 aliphatic carbocycles. The highest BCUT2D eigenvalue weighted by atomic mass is 79.9. The zero-order valence-electron chi connectivity index (χ0n) is 10.9. The molecule has 0 unspecified atom stereocenters. The van der Waals surface area contributed by atoms with Gasteiger partial charge in [0.25, 0.3) is 0 Å². The van der Waals surface area contributed by atoms with E-state index in [9.17, 15) is 13.5 Å². The highest BCUT2D eigenvalue weighted by Gasteiger charge is 2.35. The average molecular weight is 361 g/mol. The van der Waals surface area contributed by atoms with E-state index in [0.29, 0.717) is 13.1 Å². The summed E-state index contributed by atoms with van der Waals surface area (Å²) in [6, 6.07) is 7.42. The van der Waals surface area contributed by atoms with Gasteiger partial charge in [-0.25, -0.2) is 8.42 Å². The number of halogens is 1. The fourth-order valence-electron chi connectivity index (χ4n) is 2.06. The van der Waals surface area contributed by atoms with Gasteiger partial charge >= 0.3 is 0 Å². The summed E-state index contributed by atoms with van der Waals surface area (Å²) in [5.74, 6) is -0.141. The lowest BCUT2D eigenvalue weighted by Gasteiger charge is -2.13. The van der Waals surface area contributed by atoms with Gasteiger partial charge in [-0.3, -0.25) is 4.99 Å². The van der Waals surface area contributed by atoms with Gasteiger partial charge in [0.05, 0.1) is 24.2 Å². The van der Waals surface area contributed by atoms with Crippen LogP contribution in [0.4, 0.5) is 0 Å². The highest BCUT2D eigenvalue weighted by molar-refractivity contribution is 9.10. The predicted molar refractivity (Wildman–Crippen MR) is 83.1 cm³/mol. The zero-order valence-corrected chi connectivity index (χ0v) is 13.3. The fraction of sp³-hybridized carbons (Fsp3) is 0.462. The first-order valence-electron chi connectivity index (χ1n) is 6.33. The Morgan fingerprint density at radius 1 is 1.35 bits per heavy atom. The number of aliphatic hydroxyl groups excluding tert-OH is 1. The first kappa shape index (κ1) is 15.6. The summed E-state index contributed by atoms with van der Waals surface area (Å²) in [4.78, 5) is 4.26. The highest BCUT2D eigenvalue weighted by Crippen LogP contribution is 2.12. The number of aliphatic hydroxyl groups is 1. The summed E-state index contributed by atoms with van der Waals surface area (Å²) < 4.78 is 23.7. The van der Waals surface area contributed by atoms with Crippen LogP contribution in [0.3, 0.4) is 0 Å². The lowest BCUT2D eigenvalue weighted by molar-refractivity contribution is 0.167. The van der Waals surface area contributed by atoms with Gasteiger partial charge in [0.1, 0.15) is 0 Å². The third-order valence-electron chi connectivity index (χ3n) is 3.08. The molecule has 2 atom stereocenters. The average Bonchev–Trinajstić information content (AvgIpc) is 2.64. The zero-order chi connectivity index (χ0) is 14.6. The third-order valence-corrected chi connectivity index (χ3v) is 5.33. The fourth-order valence-corrected chi connectivity index (χ4v) is 4.10. The molecule has 1 aliphatic heterocycles. The Kier molecular flexibility index (Phi) is 5.31. The van der Waals surface area contributed by atoms with E-state index in [1.54, 1.807) is 6.21 Å². The van der Waals surface area contributed by atoms with Crippen molar-refractivity contribution in [2.24, 2.45) is 4.99 Å². The molecule has 110 valence electrons. The molecule has 7 heteroatoms. The molecule has 0 amide bonds. The number of sulfone groups is 1. The summed E-state index contributed by atoms with van der Waals surface area (Å²) in [5, 5.41) is 12.6. The Balaban J connectivity index is 1.73. The Morgan fingerprint density at radius 2 is 2.05 bits per heavy atom. The summed E-state index contributed by atoms with van der Waals surface area (Å²) in [6.45, 7) is 1.09. The Morgan fingerprint density at radius 3 is 2.65 bits per heavy atom. The standard InChI is InChI=1S/C13H17BrN2O3S/c14-11-3-1-10(2-4-11)7-15-5-6-16-12-8-20(18,19)9-13(12)17/h1-4,7,12-13,16-17H,5-6,8-9H2/t12-,13-/m0/s1. The number of rotatable bonds is 5. The van der Waals surface area contributed by atoms with E-state index in [2.05, 4.69) is 26.2 Å². The van der Waals surface area contributed by atoms with Crippen LogP contribution < -0.4 is 5.32 Å². The van der Waals surface area contributed by atoms with E-state index in [4.69, 9.17) is 0 Å². The SMILES string of the molecule is O=S1(=O)C[C@H](NCCN=Cc2ccc(Br)cc2)[C@@H](O)C1. The molecule has 0 radical (unpaired) electrons. The van der Waals surface area contributed by atoms with Gasteiger partial charge in [-0.05, 0) is 17.7 Å². The van der Waals surface area contributed by atoms with Crippen LogP contribution in [0.5, 0.6) is 0 Å². The molecule has 0 saturated carbocycles. The van der Waals surface area contributed by atoms with Crippen molar-refractivity contribution in [3.8, 4) is 0 Å². The number of aliphatic imine (C=N–C) groups is 1. The van der Waals surface area contributed by atoms with Crippen molar-refractivity contribution in [1.29, 1.82) is 0 Å². The molecule has 1 aliphatic rings. The van der Waals surface area contributed by atoms with Crippen LogP contribution in [0, 0.1) is 0 Å². The smallest absolute Gasteiger partial charge is 0.154 e. The molecule has 1 fully saturated rings. The number of hydrogen-bond acceptors (Lipinski definition) is 5. The number of benzene rings is 1. The maximum Gasteiger partial charge on any atom is 0.154 e. The summed E-state index contributed by atoms with van der Waals surface area (Å²) in [7, 11) is -3.09. The molecule has 1 heterocycles. The Bertz CT molecular complexity index is 572. The van der Waals surface area contributed by atoms with E-state index in [-0.39, 0.29) is 17.5 Å². The summed E-state index contributed by atoms with van der Waals surface area (Å²) >= 11 is 3.36. The van der Waals surface area contributed by atoms with E-state index in [1.165, 1.54) is 0 Å². The lowest BCUT2D eigenvalue weighted by Crippen LogP contribution is -2.40. The van der Waals surface area contributed by atoms with E-state index in [1.807, 2.05) is 24.3 Å². The van der Waals surface area contributed by atoms with Gasteiger partial charge < -0.3 is 10.4 Å². The van der Waals surface area contributed by atoms with E-state index < -0.39 is 15.9 Å². The molecule has 1 aromatic carbocycles. The van der Waals surface area contributed by atoms with Crippen molar-refractivity contribution in [3.63, 3.8) is 0 Å². The van der Waals surface area contributed by atoms with Crippen LogP contribution in [0.25, 0.3) is 0 Å². The van der Waals surface area contributed by atoms with Gasteiger partial charge in [-0.2, -0.15) is 0 Å². The molecule has 20 heavy (non-hydrogen) atoms. The second kappa shape index (κ2) is 6.80. The van der Waals surface area contributed by atoms with Gasteiger partial charge in [0, 0.05) is 23.3 Å². The van der Waals surface area contributed by atoms with Crippen molar-refractivity contribution in [3.05, 3.63) is 34.3 Å². The number of nitrogens with zero attached hydrogens (tertiary/aromatic N) is 1. The lowest BCUT2D eigenvalue weighted by atomic mass is 10.2. The summed E-state index contributed by atoms with van der Waals surface area (Å²) in [6.07, 6.45) is 0.964. The molecule has 0 aromatic heterocycles. The quantitative estimate of drug-likeness (QED) is 0.595. The predicted octanol–water partition coefficient (Wildman–Crippen LogP) is 0.616. The number of hydrogen-bond donors (Lipinski definition) is 2. The minimum atomic E-state index is -3.09. The molecule has 1 saturated heterocycles. The van der Waals surface area contributed by atoms with Crippen LogP contribution in [0.1, 0.15) is 5.56 Å². The second-order valence-corrected chi connectivity index (χ2v) is 7.86. The summed E-state index contributed by atoms with van der Waals surface area (Å²) in [5.41, 5.74) is 1.01. The first-order chi connectivity index (χ1) is 9.46. The maximum absolute atomic E-state index is 11.3. The topological polar surface area (TPSA) is 78.8 Å². The van der Waals surface area contributed by atoms with Crippen molar-refractivity contribution in [1.82, 2.24) is 5.32 Å². The Hall–Kier alpha value is -0.760. The van der Waals surface area contributed by atoms with Crippen molar-refractivity contribution in [2.45, 2.75) is 12.1 Å². The van der Waals surface area contributed by atoms with Crippen molar-refractivity contribution >= 4 is 32.0 Å². The van der Waals surface area contributed by atoms with Crippen LogP contribution in [0.2, 0.25) is 0 Å². The molecule has 2 N–H and O–H groups in total. The molecule has 1 aromatic rings. The minimum Gasteiger partial charge on any atom is -0.390 e. The molecular weight excluding hydrogens is 344 g/mol. The van der Waals surface area contributed by atoms with Gasteiger partial charge in [-0.1, -0.05) is 28.1 Å². The van der Waals surface area contributed by atoms with E-state index in [0.717, 1.165) is 10.0 Å². The van der Waals surface area contributed by atoms with Gasteiger partial charge in [-0.15, -0.1) is 0 Å². The van der Waals surface area contributed by atoms with Crippen molar-refractivity contribution in [2.75, 3.05) is 24.6 Å². The first-order valence-corrected chi connectivity index (χ1v) is 8.95. The molecule has 0 bridgehead atoms. The monoisotopic (exact) mass is 360 g/mol.